The standard InChI is InChI=1S/C14H11FN2O4/c15-11-3-1-2-10(8-11)9-16-14(18)21-13-6-4-12(5-7-13)17(19)20/h1-8H,9H2,(H,16,18). The molecule has 0 aliphatic heterocycles. The molecule has 0 atom stereocenters. The van der Waals surface area contributed by atoms with E-state index in [2.05, 4.69) is 5.32 Å². The Bertz CT molecular complexity index is 658. The van der Waals surface area contributed by atoms with Crippen molar-refractivity contribution < 1.29 is 18.8 Å². The molecule has 6 nitrogen and oxygen atoms in total. The van der Waals surface area contributed by atoms with Gasteiger partial charge in [-0.05, 0) is 29.8 Å². The van der Waals surface area contributed by atoms with E-state index in [-0.39, 0.29) is 18.0 Å². The molecule has 0 bridgehead atoms. The highest BCUT2D eigenvalue weighted by Crippen LogP contribution is 2.17. The summed E-state index contributed by atoms with van der Waals surface area (Å²) in [6.07, 6.45) is -0.729. The minimum atomic E-state index is -0.729. The van der Waals surface area contributed by atoms with Crippen LogP contribution in [0.25, 0.3) is 0 Å². The summed E-state index contributed by atoms with van der Waals surface area (Å²) in [4.78, 5) is 21.5. The first-order valence-electron chi connectivity index (χ1n) is 5.99. The van der Waals surface area contributed by atoms with E-state index in [1.807, 2.05) is 0 Å². The van der Waals surface area contributed by atoms with Crippen LogP contribution in [0.15, 0.2) is 48.5 Å². The Morgan fingerprint density at radius 3 is 2.57 bits per heavy atom. The Morgan fingerprint density at radius 1 is 1.24 bits per heavy atom. The lowest BCUT2D eigenvalue weighted by molar-refractivity contribution is -0.384. The number of rotatable bonds is 4. The fourth-order valence-electron chi connectivity index (χ4n) is 1.60. The van der Waals surface area contributed by atoms with E-state index in [4.69, 9.17) is 4.74 Å². The third kappa shape index (κ3) is 4.27. The molecule has 0 spiro atoms. The van der Waals surface area contributed by atoms with Crippen molar-refractivity contribution in [3.05, 3.63) is 70.0 Å². The fraction of sp³-hybridized carbons (Fsp3) is 0.0714. The fourth-order valence-corrected chi connectivity index (χ4v) is 1.60. The summed E-state index contributed by atoms with van der Waals surface area (Å²) in [5, 5.41) is 12.9. The van der Waals surface area contributed by atoms with Crippen LogP contribution in [0, 0.1) is 15.9 Å². The number of nitro benzene ring substituents is 1. The van der Waals surface area contributed by atoms with Gasteiger partial charge in [-0.15, -0.1) is 0 Å². The molecular formula is C14H11FN2O4. The number of nitrogens with one attached hydrogen (secondary N) is 1. The molecule has 0 saturated carbocycles. The molecule has 21 heavy (non-hydrogen) atoms. The Balaban J connectivity index is 1.88. The molecule has 0 heterocycles. The average molecular weight is 290 g/mol. The van der Waals surface area contributed by atoms with Gasteiger partial charge in [0.15, 0.2) is 0 Å². The predicted octanol–water partition coefficient (Wildman–Crippen LogP) is 3.02. The second-order valence-corrected chi connectivity index (χ2v) is 4.12. The van der Waals surface area contributed by atoms with Gasteiger partial charge in [0.1, 0.15) is 11.6 Å². The van der Waals surface area contributed by atoms with Gasteiger partial charge in [-0.1, -0.05) is 12.1 Å². The molecule has 0 aliphatic rings. The SMILES string of the molecule is O=C(NCc1cccc(F)c1)Oc1ccc([N+](=O)[O-])cc1. The number of halogens is 1. The smallest absolute Gasteiger partial charge is 0.410 e. The highest BCUT2D eigenvalue weighted by molar-refractivity contribution is 5.70. The van der Waals surface area contributed by atoms with Crippen molar-refractivity contribution in [1.82, 2.24) is 5.32 Å². The first kappa shape index (κ1) is 14.4. The van der Waals surface area contributed by atoms with Crippen molar-refractivity contribution in [1.29, 1.82) is 0 Å². The molecule has 0 radical (unpaired) electrons. The first-order valence-corrected chi connectivity index (χ1v) is 5.99. The maximum atomic E-state index is 12.9. The van der Waals surface area contributed by atoms with E-state index in [0.717, 1.165) is 0 Å². The van der Waals surface area contributed by atoms with Crippen molar-refractivity contribution in [2.75, 3.05) is 0 Å². The lowest BCUT2D eigenvalue weighted by Gasteiger charge is -2.06. The number of carbonyl (C=O) groups excluding carboxylic acids is 1. The zero-order chi connectivity index (χ0) is 15.2. The van der Waals surface area contributed by atoms with E-state index >= 15 is 0 Å². The number of amides is 1. The molecule has 2 aromatic carbocycles. The van der Waals surface area contributed by atoms with Gasteiger partial charge in [0.25, 0.3) is 5.69 Å². The highest BCUT2D eigenvalue weighted by atomic mass is 19.1. The average Bonchev–Trinajstić information content (AvgIpc) is 2.46. The normalized spacial score (nSPS) is 9.95. The number of nitro groups is 1. The zero-order valence-corrected chi connectivity index (χ0v) is 10.8. The second-order valence-electron chi connectivity index (χ2n) is 4.12. The van der Waals surface area contributed by atoms with Gasteiger partial charge in [-0.3, -0.25) is 10.1 Å². The summed E-state index contributed by atoms with van der Waals surface area (Å²) in [6.45, 7) is 0.115. The third-order valence-corrected chi connectivity index (χ3v) is 2.58. The van der Waals surface area contributed by atoms with Crippen LogP contribution in [-0.4, -0.2) is 11.0 Å². The Labute approximate surface area is 119 Å². The molecule has 0 saturated heterocycles. The first-order chi connectivity index (χ1) is 10.0. The Hall–Kier alpha value is -2.96. The number of ether oxygens (including phenoxy) is 1. The number of hydrogen-bond acceptors (Lipinski definition) is 4. The van der Waals surface area contributed by atoms with Crippen molar-refractivity contribution in [3.8, 4) is 5.75 Å². The monoisotopic (exact) mass is 290 g/mol. The maximum Gasteiger partial charge on any atom is 0.412 e. The van der Waals surface area contributed by atoms with E-state index in [1.165, 1.54) is 42.5 Å². The summed E-state index contributed by atoms with van der Waals surface area (Å²) >= 11 is 0. The maximum absolute atomic E-state index is 12.9. The van der Waals surface area contributed by atoms with Crippen molar-refractivity contribution >= 4 is 11.8 Å². The van der Waals surface area contributed by atoms with Crippen molar-refractivity contribution in [2.45, 2.75) is 6.54 Å². The number of non-ortho nitro benzene ring substituents is 1. The molecule has 1 amide bonds. The van der Waals surface area contributed by atoms with Crippen LogP contribution in [0.3, 0.4) is 0 Å². The van der Waals surface area contributed by atoms with E-state index < -0.39 is 16.8 Å². The molecule has 2 aromatic rings. The minimum absolute atomic E-state index is 0.0949. The van der Waals surface area contributed by atoms with Crippen LogP contribution < -0.4 is 10.1 Å². The van der Waals surface area contributed by atoms with Crippen LogP contribution >= 0.6 is 0 Å². The molecule has 2 rings (SSSR count). The molecule has 7 heteroatoms. The van der Waals surface area contributed by atoms with Crippen molar-refractivity contribution in [2.24, 2.45) is 0 Å². The molecular weight excluding hydrogens is 279 g/mol. The van der Waals surface area contributed by atoms with Crippen LogP contribution in [-0.2, 0) is 6.54 Å². The summed E-state index contributed by atoms with van der Waals surface area (Å²) in [6, 6.07) is 10.9. The van der Waals surface area contributed by atoms with E-state index in [9.17, 15) is 19.3 Å². The van der Waals surface area contributed by atoms with Crippen LogP contribution in [0.1, 0.15) is 5.56 Å². The van der Waals surface area contributed by atoms with Gasteiger partial charge < -0.3 is 10.1 Å². The number of benzene rings is 2. The Morgan fingerprint density at radius 2 is 1.95 bits per heavy atom. The van der Waals surface area contributed by atoms with Crippen LogP contribution in [0.4, 0.5) is 14.9 Å². The minimum Gasteiger partial charge on any atom is -0.410 e. The van der Waals surface area contributed by atoms with Gasteiger partial charge in [-0.2, -0.15) is 0 Å². The summed E-state index contributed by atoms with van der Waals surface area (Å²) < 4.78 is 17.9. The van der Waals surface area contributed by atoms with Gasteiger partial charge in [0.05, 0.1) is 4.92 Å². The van der Waals surface area contributed by atoms with Crippen LogP contribution in [0.5, 0.6) is 5.75 Å². The van der Waals surface area contributed by atoms with Gasteiger partial charge >= 0.3 is 6.09 Å². The molecule has 0 aromatic heterocycles. The number of carbonyl (C=O) groups is 1. The quantitative estimate of drug-likeness (QED) is 0.693. The van der Waals surface area contributed by atoms with E-state index in [1.54, 1.807) is 6.07 Å². The predicted molar refractivity (Wildman–Crippen MR) is 72.4 cm³/mol. The van der Waals surface area contributed by atoms with E-state index in [0.29, 0.717) is 5.56 Å². The summed E-state index contributed by atoms with van der Waals surface area (Å²) in [5.41, 5.74) is 0.498. The lowest BCUT2D eigenvalue weighted by Crippen LogP contribution is -2.26. The molecule has 0 unspecified atom stereocenters. The third-order valence-electron chi connectivity index (χ3n) is 2.58. The Kier molecular flexibility index (Phi) is 4.45. The van der Waals surface area contributed by atoms with Gasteiger partial charge in [0, 0.05) is 18.7 Å². The molecule has 108 valence electrons. The molecule has 1 N–H and O–H groups in total. The molecule has 0 aliphatic carbocycles. The zero-order valence-electron chi connectivity index (χ0n) is 10.8. The summed E-state index contributed by atoms with van der Waals surface area (Å²) in [7, 11) is 0. The number of hydrogen-bond donors (Lipinski definition) is 1. The number of nitrogens with zero attached hydrogens (tertiary/aromatic N) is 1. The lowest BCUT2D eigenvalue weighted by atomic mass is 10.2. The topological polar surface area (TPSA) is 81.5 Å². The highest BCUT2D eigenvalue weighted by Gasteiger charge is 2.08. The van der Waals surface area contributed by atoms with Crippen molar-refractivity contribution in [3.63, 3.8) is 0 Å². The second kappa shape index (κ2) is 6.47. The molecule has 0 fully saturated rings. The van der Waals surface area contributed by atoms with Gasteiger partial charge in [-0.25, -0.2) is 9.18 Å². The van der Waals surface area contributed by atoms with Gasteiger partial charge in [0.2, 0.25) is 0 Å². The summed E-state index contributed by atoms with van der Waals surface area (Å²) in [5.74, 6) is -0.213. The van der Waals surface area contributed by atoms with Crippen LogP contribution in [0.2, 0.25) is 0 Å². The largest absolute Gasteiger partial charge is 0.412 e.